The van der Waals surface area contributed by atoms with E-state index in [0.29, 0.717) is 25.4 Å². The molecule has 3 aromatic rings. The average molecular weight is 488 g/mol. The Kier molecular flexibility index (Phi) is 8.84. The molecule has 2 amide bonds. The SMILES string of the molecule is Cc1ccc(CN(CCc2c[nH]c3ccccc23)C(=O)CN(C(=O)CCC2CCCC2)C(C)C)cc1. The molecule has 5 nitrogen and oxygen atoms in total. The lowest BCUT2D eigenvalue weighted by molar-refractivity contribution is -0.142. The van der Waals surface area contributed by atoms with Gasteiger partial charge in [-0.15, -0.1) is 0 Å². The topological polar surface area (TPSA) is 56.4 Å². The molecule has 192 valence electrons. The summed E-state index contributed by atoms with van der Waals surface area (Å²) in [6, 6.07) is 16.6. The van der Waals surface area contributed by atoms with Gasteiger partial charge < -0.3 is 14.8 Å². The van der Waals surface area contributed by atoms with Crippen LogP contribution in [0.15, 0.2) is 54.7 Å². The second-order valence-corrected chi connectivity index (χ2v) is 10.7. The number of para-hydroxylation sites is 1. The highest BCUT2D eigenvalue weighted by Gasteiger charge is 2.25. The van der Waals surface area contributed by atoms with Crippen LogP contribution in [-0.2, 0) is 22.6 Å². The first-order valence-electron chi connectivity index (χ1n) is 13.6. The van der Waals surface area contributed by atoms with Gasteiger partial charge in [-0.2, -0.15) is 0 Å². The number of H-pyrrole nitrogens is 1. The average Bonchev–Trinajstić information content (AvgIpc) is 3.54. The molecule has 1 aromatic heterocycles. The summed E-state index contributed by atoms with van der Waals surface area (Å²) in [4.78, 5) is 33.8. The number of benzene rings is 2. The van der Waals surface area contributed by atoms with Crippen LogP contribution in [0.2, 0.25) is 0 Å². The van der Waals surface area contributed by atoms with Crippen molar-refractivity contribution in [3.63, 3.8) is 0 Å². The van der Waals surface area contributed by atoms with Gasteiger partial charge in [0.05, 0.1) is 6.54 Å². The second-order valence-electron chi connectivity index (χ2n) is 10.7. The van der Waals surface area contributed by atoms with Gasteiger partial charge in [0.15, 0.2) is 0 Å². The number of nitrogens with zero attached hydrogens (tertiary/aromatic N) is 2. The van der Waals surface area contributed by atoms with Crippen LogP contribution in [0, 0.1) is 12.8 Å². The quantitative estimate of drug-likeness (QED) is 0.347. The summed E-state index contributed by atoms with van der Waals surface area (Å²) < 4.78 is 0. The number of nitrogens with one attached hydrogen (secondary N) is 1. The standard InChI is InChI=1S/C31H41N3O2/c1-23(2)34(30(35)17-16-25-8-4-5-9-25)22-31(36)33(21-26-14-12-24(3)13-15-26)19-18-27-20-32-29-11-7-6-10-28(27)29/h6-7,10-15,20,23,25,32H,4-5,8-9,16-19,21-22H2,1-3H3. The predicted molar refractivity (Wildman–Crippen MR) is 147 cm³/mol. The second kappa shape index (κ2) is 12.2. The number of hydrogen-bond donors (Lipinski definition) is 1. The van der Waals surface area contributed by atoms with Crippen LogP contribution in [0.3, 0.4) is 0 Å². The molecule has 1 fully saturated rings. The predicted octanol–water partition coefficient (Wildman–Crippen LogP) is 6.26. The van der Waals surface area contributed by atoms with Crippen LogP contribution in [0.1, 0.15) is 69.1 Å². The molecule has 0 bridgehead atoms. The summed E-state index contributed by atoms with van der Waals surface area (Å²) in [5.74, 6) is 0.795. The minimum Gasteiger partial charge on any atom is -0.361 e. The molecule has 1 N–H and O–H groups in total. The van der Waals surface area contributed by atoms with Crippen LogP contribution >= 0.6 is 0 Å². The fourth-order valence-corrected chi connectivity index (χ4v) is 5.37. The molecule has 36 heavy (non-hydrogen) atoms. The Morgan fingerprint density at radius 2 is 1.72 bits per heavy atom. The van der Waals surface area contributed by atoms with E-state index in [1.54, 1.807) is 4.90 Å². The third kappa shape index (κ3) is 6.77. The smallest absolute Gasteiger partial charge is 0.242 e. The van der Waals surface area contributed by atoms with Gasteiger partial charge in [-0.05, 0) is 56.7 Å². The van der Waals surface area contributed by atoms with Crippen LogP contribution in [0.25, 0.3) is 10.9 Å². The van der Waals surface area contributed by atoms with Gasteiger partial charge in [-0.25, -0.2) is 0 Å². The fourth-order valence-electron chi connectivity index (χ4n) is 5.37. The summed E-state index contributed by atoms with van der Waals surface area (Å²) in [5, 5.41) is 1.20. The molecule has 0 aliphatic heterocycles. The Morgan fingerprint density at radius 1 is 1.00 bits per heavy atom. The lowest BCUT2D eigenvalue weighted by Crippen LogP contribution is -2.46. The highest BCUT2D eigenvalue weighted by atomic mass is 16.2. The van der Waals surface area contributed by atoms with Crippen molar-refractivity contribution in [3.05, 3.63) is 71.4 Å². The molecular weight excluding hydrogens is 446 g/mol. The number of fused-ring (bicyclic) bond motifs is 1. The maximum atomic E-state index is 13.6. The van der Waals surface area contributed by atoms with E-state index in [0.717, 1.165) is 23.9 Å². The van der Waals surface area contributed by atoms with Gasteiger partial charge in [0, 0.05) is 42.7 Å². The van der Waals surface area contributed by atoms with E-state index < -0.39 is 0 Å². The number of carbonyl (C=O) groups is 2. The largest absolute Gasteiger partial charge is 0.361 e. The van der Waals surface area contributed by atoms with Gasteiger partial charge in [-0.1, -0.05) is 73.7 Å². The van der Waals surface area contributed by atoms with Crippen molar-refractivity contribution in [2.75, 3.05) is 13.1 Å². The van der Waals surface area contributed by atoms with E-state index in [1.165, 1.54) is 42.2 Å². The molecule has 2 aromatic carbocycles. The van der Waals surface area contributed by atoms with Gasteiger partial charge in [-0.3, -0.25) is 9.59 Å². The Morgan fingerprint density at radius 3 is 2.44 bits per heavy atom. The number of amides is 2. The van der Waals surface area contributed by atoms with Crippen molar-refractivity contribution in [1.82, 2.24) is 14.8 Å². The third-order valence-corrected chi connectivity index (χ3v) is 7.66. The molecule has 1 aliphatic rings. The van der Waals surface area contributed by atoms with E-state index in [9.17, 15) is 9.59 Å². The number of carbonyl (C=O) groups excluding carboxylic acids is 2. The van der Waals surface area contributed by atoms with Gasteiger partial charge in [0.1, 0.15) is 0 Å². The Hall–Kier alpha value is -3.08. The Bertz CT molecular complexity index is 1140. The van der Waals surface area contributed by atoms with Gasteiger partial charge >= 0.3 is 0 Å². The highest BCUT2D eigenvalue weighted by Crippen LogP contribution is 2.29. The van der Waals surface area contributed by atoms with Gasteiger partial charge in [0.25, 0.3) is 0 Å². The van der Waals surface area contributed by atoms with E-state index in [4.69, 9.17) is 0 Å². The fraction of sp³-hybridized carbons (Fsp3) is 0.484. The number of hydrogen-bond acceptors (Lipinski definition) is 2. The van der Waals surface area contributed by atoms with Crippen LogP contribution < -0.4 is 0 Å². The van der Waals surface area contributed by atoms with Crippen LogP contribution in [0.5, 0.6) is 0 Å². The zero-order chi connectivity index (χ0) is 25.5. The summed E-state index contributed by atoms with van der Waals surface area (Å²) >= 11 is 0. The number of aromatic amines is 1. The van der Waals surface area contributed by atoms with Crippen molar-refractivity contribution in [1.29, 1.82) is 0 Å². The summed E-state index contributed by atoms with van der Waals surface area (Å²) in [7, 11) is 0. The molecule has 1 heterocycles. The van der Waals surface area contributed by atoms with Gasteiger partial charge in [0.2, 0.25) is 11.8 Å². The van der Waals surface area contributed by atoms with Crippen molar-refractivity contribution >= 4 is 22.7 Å². The zero-order valence-corrected chi connectivity index (χ0v) is 22.1. The van der Waals surface area contributed by atoms with E-state index >= 15 is 0 Å². The number of rotatable bonds is 11. The highest BCUT2D eigenvalue weighted by molar-refractivity contribution is 5.85. The van der Waals surface area contributed by atoms with Crippen LogP contribution in [0.4, 0.5) is 0 Å². The molecule has 0 atom stereocenters. The third-order valence-electron chi connectivity index (χ3n) is 7.66. The normalized spacial score (nSPS) is 14.0. The monoisotopic (exact) mass is 487 g/mol. The summed E-state index contributed by atoms with van der Waals surface area (Å²) in [6.07, 6.45) is 9.36. The maximum absolute atomic E-state index is 13.6. The lowest BCUT2D eigenvalue weighted by atomic mass is 10.0. The minimum absolute atomic E-state index is 0.000120. The molecule has 0 radical (unpaired) electrons. The first-order valence-corrected chi connectivity index (χ1v) is 13.6. The number of aryl methyl sites for hydroxylation is 1. The first kappa shape index (κ1) is 26.0. The number of aromatic nitrogens is 1. The van der Waals surface area contributed by atoms with Crippen molar-refractivity contribution < 1.29 is 9.59 Å². The molecule has 0 saturated heterocycles. The molecule has 4 rings (SSSR count). The lowest BCUT2D eigenvalue weighted by Gasteiger charge is -2.30. The molecule has 1 saturated carbocycles. The molecule has 0 unspecified atom stereocenters. The summed E-state index contributed by atoms with van der Waals surface area (Å²) in [5.41, 5.74) is 4.63. The maximum Gasteiger partial charge on any atom is 0.242 e. The Balaban J connectivity index is 1.45. The molecule has 1 aliphatic carbocycles. The van der Waals surface area contributed by atoms with Crippen molar-refractivity contribution in [2.45, 2.75) is 78.3 Å². The summed E-state index contributed by atoms with van der Waals surface area (Å²) in [6.45, 7) is 7.39. The molecular formula is C31H41N3O2. The van der Waals surface area contributed by atoms with E-state index in [2.05, 4.69) is 48.3 Å². The Labute approximate surface area is 215 Å². The first-order chi connectivity index (χ1) is 17.4. The minimum atomic E-state index is -0.000120. The van der Waals surface area contributed by atoms with E-state index in [1.807, 2.05) is 37.1 Å². The van der Waals surface area contributed by atoms with Crippen molar-refractivity contribution in [2.24, 2.45) is 5.92 Å². The zero-order valence-electron chi connectivity index (χ0n) is 22.1. The molecule has 0 spiro atoms. The van der Waals surface area contributed by atoms with Crippen molar-refractivity contribution in [3.8, 4) is 0 Å². The van der Waals surface area contributed by atoms with Crippen LogP contribution in [-0.4, -0.2) is 45.7 Å². The molecule has 5 heteroatoms. The van der Waals surface area contributed by atoms with E-state index in [-0.39, 0.29) is 24.4 Å².